The smallest absolute Gasteiger partial charge is 0.303 e. The normalized spacial score (nSPS) is 20.0. The number of aliphatic imine (C=N–C) groups is 1. The van der Waals surface area contributed by atoms with E-state index in [0.717, 1.165) is 29.9 Å². The number of amides is 1. The molecule has 8 heteroatoms. The lowest BCUT2D eigenvalue weighted by atomic mass is 9.72. The molecule has 3 aromatic carbocycles. The number of carbonyl (C=O) groups is 3. The van der Waals surface area contributed by atoms with Crippen LogP contribution in [0.3, 0.4) is 0 Å². The quantitative estimate of drug-likeness (QED) is 0.345. The average Bonchev–Trinajstić information content (AvgIpc) is 3.12. The number of rotatable bonds is 8. The molecule has 41 heavy (non-hydrogen) atoms. The molecule has 0 bridgehead atoms. The van der Waals surface area contributed by atoms with Gasteiger partial charge < -0.3 is 14.9 Å². The van der Waals surface area contributed by atoms with E-state index in [4.69, 9.17) is 4.99 Å². The molecule has 212 valence electrons. The number of anilines is 2. The maximum atomic E-state index is 14.1. The summed E-state index contributed by atoms with van der Waals surface area (Å²) in [5.41, 5.74) is 4.48. The highest BCUT2D eigenvalue weighted by Crippen LogP contribution is 2.47. The number of hydrogen-bond donors (Lipinski definition) is 1. The lowest BCUT2D eigenvalue weighted by Crippen LogP contribution is -2.45. The van der Waals surface area contributed by atoms with Crippen molar-refractivity contribution in [1.82, 2.24) is 0 Å². The molecule has 1 aliphatic carbocycles. The predicted octanol–water partition coefficient (Wildman–Crippen LogP) is 6.46. The van der Waals surface area contributed by atoms with Gasteiger partial charge in [0.2, 0.25) is 5.91 Å². The number of aliphatic carboxylic acids is 1. The van der Waals surface area contributed by atoms with Crippen molar-refractivity contribution in [3.8, 4) is 0 Å². The van der Waals surface area contributed by atoms with Gasteiger partial charge in [-0.1, -0.05) is 36.4 Å². The van der Waals surface area contributed by atoms with Crippen molar-refractivity contribution in [2.45, 2.75) is 51.5 Å². The summed E-state index contributed by atoms with van der Waals surface area (Å²) in [6, 6.07) is 20.7. The van der Waals surface area contributed by atoms with E-state index in [2.05, 4.69) is 18.7 Å². The van der Waals surface area contributed by atoms with Crippen molar-refractivity contribution in [1.29, 1.82) is 0 Å². The van der Waals surface area contributed by atoms with Crippen LogP contribution in [0.2, 0.25) is 0 Å². The average molecular weight is 556 g/mol. The third kappa shape index (κ3) is 5.78. The molecule has 0 saturated heterocycles. The lowest BCUT2D eigenvalue weighted by molar-refractivity contribution is -0.138. The second-order valence-electron chi connectivity index (χ2n) is 10.6. The molecule has 2 aliphatic rings. The van der Waals surface area contributed by atoms with Crippen molar-refractivity contribution in [3.05, 3.63) is 89.7 Å². The number of halogens is 1. The van der Waals surface area contributed by atoms with Crippen LogP contribution in [0.25, 0.3) is 0 Å². The molecule has 1 fully saturated rings. The first-order valence-electron chi connectivity index (χ1n) is 14.1. The molecule has 0 radical (unpaired) electrons. The maximum Gasteiger partial charge on any atom is 0.303 e. The van der Waals surface area contributed by atoms with E-state index >= 15 is 0 Å². The molecular weight excluding hydrogens is 521 g/mol. The Morgan fingerprint density at radius 1 is 0.927 bits per heavy atom. The monoisotopic (exact) mass is 555 g/mol. The van der Waals surface area contributed by atoms with E-state index in [9.17, 15) is 23.9 Å². The Morgan fingerprint density at radius 3 is 2.24 bits per heavy atom. The number of carbonyl (C=O) groups excluding carboxylic acids is 2. The van der Waals surface area contributed by atoms with Crippen LogP contribution in [0.1, 0.15) is 62.6 Å². The van der Waals surface area contributed by atoms with Crippen molar-refractivity contribution in [2.75, 3.05) is 22.9 Å². The second kappa shape index (κ2) is 12.0. The number of fused-ring (bicyclic) bond motifs is 2. The van der Waals surface area contributed by atoms with Gasteiger partial charge in [0.1, 0.15) is 11.6 Å². The highest BCUT2D eigenvalue weighted by atomic mass is 19.1. The van der Waals surface area contributed by atoms with Crippen molar-refractivity contribution < 1.29 is 23.9 Å². The summed E-state index contributed by atoms with van der Waals surface area (Å²) in [7, 11) is 0. The highest BCUT2D eigenvalue weighted by molar-refractivity contribution is 6.13. The SMILES string of the molecule is CCN(CC)c1ccc(C2C3C(=O)CC(c4ccc(F)cc4)CC3=Nc3ccccc3N2C(=O)CCC(=O)O)cc1. The van der Waals surface area contributed by atoms with Gasteiger partial charge in [0.25, 0.3) is 0 Å². The van der Waals surface area contributed by atoms with Crippen LogP contribution in [0.5, 0.6) is 0 Å². The summed E-state index contributed by atoms with van der Waals surface area (Å²) < 4.78 is 13.6. The fourth-order valence-electron chi connectivity index (χ4n) is 6.10. The van der Waals surface area contributed by atoms with Gasteiger partial charge in [-0.05, 0) is 73.7 Å². The van der Waals surface area contributed by atoms with E-state index in [1.54, 1.807) is 23.1 Å². The molecule has 1 N–H and O–H groups in total. The van der Waals surface area contributed by atoms with E-state index in [-0.39, 0.29) is 42.7 Å². The minimum atomic E-state index is -1.06. The molecule has 1 aliphatic heterocycles. The number of benzene rings is 3. The number of ketones is 1. The van der Waals surface area contributed by atoms with Gasteiger partial charge in [-0.25, -0.2) is 4.39 Å². The van der Waals surface area contributed by atoms with Crippen LogP contribution in [0, 0.1) is 11.7 Å². The summed E-state index contributed by atoms with van der Waals surface area (Å²) in [6.45, 7) is 5.86. The zero-order chi connectivity index (χ0) is 29.1. The molecule has 5 rings (SSSR count). The Balaban J connectivity index is 1.63. The second-order valence-corrected chi connectivity index (χ2v) is 10.6. The molecule has 7 nitrogen and oxygen atoms in total. The summed E-state index contributed by atoms with van der Waals surface area (Å²) in [4.78, 5) is 48.1. The Morgan fingerprint density at radius 2 is 1.59 bits per heavy atom. The lowest BCUT2D eigenvalue weighted by Gasteiger charge is -2.39. The van der Waals surface area contributed by atoms with E-state index < -0.39 is 17.9 Å². The third-order valence-corrected chi connectivity index (χ3v) is 8.13. The zero-order valence-electron chi connectivity index (χ0n) is 23.3. The van der Waals surface area contributed by atoms with Crippen molar-refractivity contribution in [2.24, 2.45) is 10.9 Å². The largest absolute Gasteiger partial charge is 0.481 e. The molecular formula is C33H34FN3O4. The molecule has 1 amide bonds. The molecule has 0 spiro atoms. The number of hydrogen-bond acceptors (Lipinski definition) is 5. The molecule has 3 aromatic rings. The zero-order valence-corrected chi connectivity index (χ0v) is 23.3. The summed E-state index contributed by atoms with van der Waals surface area (Å²) in [6.07, 6.45) is 0.203. The molecule has 1 heterocycles. The third-order valence-electron chi connectivity index (χ3n) is 8.13. The maximum absolute atomic E-state index is 14.1. The topological polar surface area (TPSA) is 90.3 Å². The van der Waals surface area contributed by atoms with Crippen molar-refractivity contribution >= 4 is 40.4 Å². The van der Waals surface area contributed by atoms with Gasteiger partial charge >= 0.3 is 5.97 Å². The van der Waals surface area contributed by atoms with Gasteiger partial charge in [-0.3, -0.25) is 19.4 Å². The first-order chi connectivity index (χ1) is 19.8. The van der Waals surface area contributed by atoms with Gasteiger partial charge in [-0.2, -0.15) is 0 Å². The van der Waals surface area contributed by atoms with Gasteiger partial charge in [0.15, 0.2) is 0 Å². The number of carboxylic acid groups (broad SMARTS) is 1. The van der Waals surface area contributed by atoms with E-state index in [0.29, 0.717) is 23.5 Å². The Bertz CT molecular complexity index is 1460. The number of carboxylic acids is 1. The van der Waals surface area contributed by atoms with Gasteiger partial charge in [0, 0.05) is 37.3 Å². The summed E-state index contributed by atoms with van der Waals surface area (Å²) >= 11 is 0. The fraction of sp³-hybridized carbons (Fsp3) is 0.333. The van der Waals surface area contributed by atoms with E-state index in [1.807, 2.05) is 42.5 Å². The minimum absolute atomic E-state index is 0.0500. The first-order valence-corrected chi connectivity index (χ1v) is 14.1. The van der Waals surface area contributed by atoms with Gasteiger partial charge in [-0.15, -0.1) is 0 Å². The van der Waals surface area contributed by atoms with Crippen LogP contribution < -0.4 is 9.80 Å². The molecule has 3 unspecified atom stereocenters. The highest BCUT2D eigenvalue weighted by Gasteiger charge is 2.46. The fourth-order valence-corrected chi connectivity index (χ4v) is 6.10. The number of nitrogens with zero attached hydrogens (tertiary/aromatic N) is 3. The molecule has 1 saturated carbocycles. The van der Waals surface area contributed by atoms with Gasteiger partial charge in [0.05, 0.1) is 29.8 Å². The minimum Gasteiger partial charge on any atom is -0.481 e. The Hall–Kier alpha value is -4.33. The van der Waals surface area contributed by atoms with Crippen LogP contribution in [0.15, 0.2) is 77.8 Å². The van der Waals surface area contributed by atoms with E-state index in [1.165, 1.54) is 12.1 Å². The molecule has 0 aromatic heterocycles. The van der Waals surface area contributed by atoms with Crippen LogP contribution in [-0.2, 0) is 14.4 Å². The number of Topliss-reactive ketones (excluding diaryl/α,β-unsaturated/α-hetero) is 1. The standard InChI is InChI=1S/C33H34FN3O4/c1-3-36(4-2)25-15-11-22(12-16-25)33-32-27(19-23(20-29(32)38)21-9-13-24(34)14-10-21)35-26-7-5-6-8-28(26)37(33)30(39)17-18-31(40)41/h5-16,23,32-33H,3-4,17-20H2,1-2H3,(H,40,41). The number of para-hydroxylation sites is 2. The summed E-state index contributed by atoms with van der Waals surface area (Å²) in [5, 5.41) is 9.33. The molecule has 3 atom stereocenters. The van der Waals surface area contributed by atoms with Crippen LogP contribution >= 0.6 is 0 Å². The van der Waals surface area contributed by atoms with Crippen LogP contribution in [0.4, 0.5) is 21.5 Å². The Labute approximate surface area is 239 Å². The first kappa shape index (κ1) is 28.2. The Kier molecular flexibility index (Phi) is 8.28. The summed E-state index contributed by atoms with van der Waals surface area (Å²) in [5.74, 6) is -2.68. The van der Waals surface area contributed by atoms with Crippen molar-refractivity contribution in [3.63, 3.8) is 0 Å². The van der Waals surface area contributed by atoms with Crippen LogP contribution in [-0.4, -0.2) is 41.6 Å². The predicted molar refractivity (Wildman–Crippen MR) is 158 cm³/mol.